The summed E-state index contributed by atoms with van der Waals surface area (Å²) >= 11 is 0. The van der Waals surface area contributed by atoms with Gasteiger partial charge in [-0.15, -0.1) is 0 Å². The molecule has 124 valence electrons. The number of methoxy groups -OCH3 is 2. The summed E-state index contributed by atoms with van der Waals surface area (Å²) in [6, 6.07) is 14.8. The lowest BCUT2D eigenvalue weighted by Gasteiger charge is -2.10. The van der Waals surface area contributed by atoms with Gasteiger partial charge in [0.2, 0.25) is 5.82 Å². The molecule has 2 aromatic carbocycles. The minimum atomic E-state index is -0.370. The van der Waals surface area contributed by atoms with Gasteiger partial charge < -0.3 is 18.7 Å². The van der Waals surface area contributed by atoms with E-state index in [2.05, 4.69) is 10.1 Å². The first-order chi connectivity index (χ1) is 11.7. The molecular weight excluding hydrogens is 308 g/mol. The van der Waals surface area contributed by atoms with E-state index in [0.29, 0.717) is 17.5 Å². The van der Waals surface area contributed by atoms with Crippen LogP contribution in [0.5, 0.6) is 17.2 Å². The van der Waals surface area contributed by atoms with E-state index in [4.69, 9.17) is 18.7 Å². The minimum Gasteiger partial charge on any atom is -0.497 e. The van der Waals surface area contributed by atoms with Crippen LogP contribution in [0.1, 0.15) is 18.9 Å². The Balaban J connectivity index is 1.73. The van der Waals surface area contributed by atoms with Crippen molar-refractivity contribution in [2.75, 3.05) is 14.2 Å². The summed E-state index contributed by atoms with van der Waals surface area (Å²) in [4.78, 5) is 4.40. The highest BCUT2D eigenvalue weighted by Crippen LogP contribution is 2.26. The molecule has 0 aliphatic rings. The average Bonchev–Trinajstić information content (AvgIpc) is 3.13. The largest absolute Gasteiger partial charge is 0.497 e. The van der Waals surface area contributed by atoms with Crippen LogP contribution in [-0.2, 0) is 0 Å². The highest BCUT2D eigenvalue weighted by Gasteiger charge is 2.17. The Labute approximate surface area is 140 Å². The van der Waals surface area contributed by atoms with Gasteiger partial charge in [0.05, 0.1) is 14.2 Å². The second kappa shape index (κ2) is 7.04. The summed E-state index contributed by atoms with van der Waals surface area (Å²) < 4.78 is 21.5. The van der Waals surface area contributed by atoms with Gasteiger partial charge in [-0.25, -0.2) is 0 Å². The lowest BCUT2D eigenvalue weighted by molar-refractivity contribution is 0.175. The van der Waals surface area contributed by atoms with Crippen LogP contribution in [0.4, 0.5) is 0 Å². The zero-order valence-corrected chi connectivity index (χ0v) is 13.7. The van der Waals surface area contributed by atoms with Crippen molar-refractivity contribution in [1.29, 1.82) is 0 Å². The lowest BCUT2D eigenvalue weighted by Crippen LogP contribution is -2.03. The molecule has 0 radical (unpaired) electrons. The molecule has 1 aromatic heterocycles. The predicted molar refractivity (Wildman–Crippen MR) is 88.3 cm³/mol. The van der Waals surface area contributed by atoms with Gasteiger partial charge in [0.1, 0.15) is 17.2 Å². The van der Waals surface area contributed by atoms with E-state index in [-0.39, 0.29) is 6.10 Å². The molecule has 0 unspecified atom stereocenters. The molecule has 3 rings (SSSR count). The van der Waals surface area contributed by atoms with E-state index in [0.717, 1.165) is 17.1 Å². The fourth-order valence-electron chi connectivity index (χ4n) is 2.19. The molecule has 0 N–H and O–H groups in total. The molecule has 1 heterocycles. The predicted octanol–water partition coefficient (Wildman–Crippen LogP) is 3.89. The number of rotatable bonds is 6. The Kier molecular flexibility index (Phi) is 4.65. The maximum atomic E-state index is 5.82. The Morgan fingerprint density at radius 1 is 0.917 bits per heavy atom. The van der Waals surface area contributed by atoms with Crippen molar-refractivity contribution in [3.05, 3.63) is 54.4 Å². The Morgan fingerprint density at radius 2 is 1.62 bits per heavy atom. The summed E-state index contributed by atoms with van der Waals surface area (Å²) in [6.07, 6.45) is -0.370. The van der Waals surface area contributed by atoms with Crippen LogP contribution in [-0.4, -0.2) is 24.4 Å². The molecule has 0 spiro atoms. The first-order valence-corrected chi connectivity index (χ1v) is 7.48. The van der Waals surface area contributed by atoms with Gasteiger partial charge in [-0.1, -0.05) is 17.3 Å². The zero-order chi connectivity index (χ0) is 16.9. The smallest absolute Gasteiger partial charge is 0.267 e. The minimum absolute atomic E-state index is 0.370. The van der Waals surface area contributed by atoms with Crippen LogP contribution < -0.4 is 14.2 Å². The van der Waals surface area contributed by atoms with Gasteiger partial charge in [0.15, 0.2) is 6.10 Å². The van der Waals surface area contributed by atoms with E-state index in [1.807, 2.05) is 55.5 Å². The van der Waals surface area contributed by atoms with Gasteiger partial charge in [-0.2, -0.15) is 4.98 Å². The second-order valence-electron chi connectivity index (χ2n) is 5.12. The molecule has 1 atom stereocenters. The molecule has 0 saturated carbocycles. The molecule has 24 heavy (non-hydrogen) atoms. The van der Waals surface area contributed by atoms with Gasteiger partial charge in [-0.3, -0.25) is 0 Å². The third-order valence-corrected chi connectivity index (χ3v) is 3.49. The Hall–Kier alpha value is -3.02. The summed E-state index contributed by atoms with van der Waals surface area (Å²) in [5, 5.41) is 4.01. The van der Waals surface area contributed by atoms with Crippen molar-refractivity contribution in [3.8, 4) is 28.6 Å². The average molecular weight is 326 g/mol. The maximum Gasteiger partial charge on any atom is 0.267 e. The van der Waals surface area contributed by atoms with Gasteiger partial charge in [-0.05, 0) is 43.3 Å². The third kappa shape index (κ3) is 3.48. The topological polar surface area (TPSA) is 66.6 Å². The number of nitrogens with zero attached hydrogens (tertiary/aromatic N) is 2. The number of aromatic nitrogens is 2. The van der Waals surface area contributed by atoms with Gasteiger partial charge in [0, 0.05) is 5.56 Å². The summed E-state index contributed by atoms with van der Waals surface area (Å²) in [5.74, 6) is 3.11. The van der Waals surface area contributed by atoms with Crippen LogP contribution in [0.3, 0.4) is 0 Å². The van der Waals surface area contributed by atoms with Gasteiger partial charge >= 0.3 is 0 Å². The monoisotopic (exact) mass is 326 g/mol. The number of ether oxygens (including phenoxy) is 3. The molecule has 0 bridgehead atoms. The maximum absolute atomic E-state index is 5.82. The summed E-state index contributed by atoms with van der Waals surface area (Å²) in [5.41, 5.74) is 0.820. The van der Waals surface area contributed by atoms with Crippen LogP contribution in [0.25, 0.3) is 11.4 Å². The fraction of sp³-hybridized carbons (Fsp3) is 0.222. The first kappa shape index (κ1) is 15.9. The van der Waals surface area contributed by atoms with Crippen molar-refractivity contribution < 1.29 is 18.7 Å². The Bertz CT molecular complexity index is 799. The summed E-state index contributed by atoms with van der Waals surface area (Å²) in [7, 11) is 3.24. The highest BCUT2D eigenvalue weighted by atomic mass is 16.5. The van der Waals surface area contributed by atoms with E-state index in [1.165, 1.54) is 0 Å². The van der Waals surface area contributed by atoms with Crippen LogP contribution in [0.15, 0.2) is 53.1 Å². The van der Waals surface area contributed by atoms with Crippen molar-refractivity contribution >= 4 is 0 Å². The first-order valence-electron chi connectivity index (χ1n) is 7.48. The number of benzene rings is 2. The van der Waals surface area contributed by atoms with E-state index in [9.17, 15) is 0 Å². The molecule has 6 heteroatoms. The number of hydrogen-bond acceptors (Lipinski definition) is 6. The van der Waals surface area contributed by atoms with Crippen LogP contribution >= 0.6 is 0 Å². The fourth-order valence-corrected chi connectivity index (χ4v) is 2.19. The molecule has 0 aliphatic heterocycles. The van der Waals surface area contributed by atoms with Crippen molar-refractivity contribution in [2.45, 2.75) is 13.0 Å². The zero-order valence-electron chi connectivity index (χ0n) is 13.7. The molecule has 0 amide bonds. The molecular formula is C18H18N2O4. The molecule has 6 nitrogen and oxygen atoms in total. The third-order valence-electron chi connectivity index (χ3n) is 3.49. The normalized spacial score (nSPS) is 11.8. The standard InChI is InChI=1S/C18H18N2O4/c1-12(23-15-9-7-14(21-2)8-10-15)18-19-17(20-24-18)13-5-4-6-16(11-13)22-3/h4-12H,1-3H3/t12-/m1/s1. The quantitative estimate of drug-likeness (QED) is 0.684. The molecule has 0 saturated heterocycles. The van der Waals surface area contributed by atoms with Crippen LogP contribution in [0.2, 0.25) is 0 Å². The lowest BCUT2D eigenvalue weighted by atomic mass is 10.2. The Morgan fingerprint density at radius 3 is 2.33 bits per heavy atom. The van der Waals surface area contributed by atoms with E-state index >= 15 is 0 Å². The van der Waals surface area contributed by atoms with Crippen molar-refractivity contribution in [1.82, 2.24) is 10.1 Å². The van der Waals surface area contributed by atoms with E-state index < -0.39 is 0 Å². The second-order valence-corrected chi connectivity index (χ2v) is 5.12. The number of hydrogen-bond donors (Lipinski definition) is 0. The van der Waals surface area contributed by atoms with Crippen molar-refractivity contribution in [2.24, 2.45) is 0 Å². The van der Waals surface area contributed by atoms with Crippen molar-refractivity contribution in [3.63, 3.8) is 0 Å². The van der Waals surface area contributed by atoms with Gasteiger partial charge in [0.25, 0.3) is 5.89 Å². The van der Waals surface area contributed by atoms with E-state index in [1.54, 1.807) is 14.2 Å². The highest BCUT2D eigenvalue weighted by molar-refractivity contribution is 5.56. The summed E-state index contributed by atoms with van der Waals surface area (Å²) in [6.45, 7) is 1.85. The molecule has 0 fully saturated rings. The SMILES string of the molecule is COc1ccc(O[C@H](C)c2nc(-c3cccc(OC)c3)no2)cc1. The molecule has 0 aliphatic carbocycles. The van der Waals surface area contributed by atoms with Crippen LogP contribution in [0, 0.1) is 0 Å². The molecule has 3 aromatic rings.